The Kier molecular flexibility index (Phi) is 3.12. The van der Waals surface area contributed by atoms with E-state index in [2.05, 4.69) is 0 Å². The Morgan fingerprint density at radius 1 is 0.850 bits per heavy atom. The first kappa shape index (κ1) is 14.8. The average molecular weight is 300 g/mol. The van der Waals surface area contributed by atoms with Crippen molar-refractivity contribution in [1.29, 1.82) is 0 Å². The Labute approximate surface area is 108 Å². The van der Waals surface area contributed by atoms with Crippen LogP contribution in [-0.4, -0.2) is 22.9 Å². The van der Waals surface area contributed by atoms with Crippen molar-refractivity contribution in [1.82, 2.24) is 0 Å². The lowest BCUT2D eigenvalue weighted by atomic mass is 9.98. The van der Waals surface area contributed by atoms with Crippen LogP contribution in [0.2, 0.25) is 0 Å². The molecule has 0 aromatic heterocycles. The molecular formula is C12H7F7O. The number of allylic oxidation sites excluding steroid dienone is 1. The van der Waals surface area contributed by atoms with Crippen molar-refractivity contribution >= 4 is 0 Å². The van der Waals surface area contributed by atoms with Crippen molar-refractivity contribution in [2.24, 2.45) is 0 Å². The number of alkyl halides is 6. The second kappa shape index (κ2) is 4.21. The smallest absolute Gasteiger partial charge is 0.382 e. The van der Waals surface area contributed by atoms with E-state index < -0.39 is 40.8 Å². The van der Waals surface area contributed by atoms with Gasteiger partial charge in [-0.2, -0.15) is 26.3 Å². The van der Waals surface area contributed by atoms with Gasteiger partial charge in [0.15, 0.2) is 5.83 Å². The van der Waals surface area contributed by atoms with Crippen LogP contribution in [0.4, 0.5) is 30.7 Å². The van der Waals surface area contributed by atoms with Crippen molar-refractivity contribution in [3.63, 3.8) is 0 Å². The molecule has 1 aliphatic carbocycles. The van der Waals surface area contributed by atoms with Crippen LogP contribution in [0, 0.1) is 0 Å². The van der Waals surface area contributed by atoms with E-state index in [0.29, 0.717) is 0 Å². The van der Waals surface area contributed by atoms with E-state index in [-0.39, 0.29) is 0 Å². The Morgan fingerprint density at radius 2 is 1.35 bits per heavy atom. The van der Waals surface area contributed by atoms with Gasteiger partial charge in [-0.1, -0.05) is 30.3 Å². The molecule has 0 fully saturated rings. The number of halogens is 7. The number of rotatable bonds is 2. The summed E-state index contributed by atoms with van der Waals surface area (Å²) in [4.78, 5) is 0. The van der Waals surface area contributed by atoms with E-state index in [1.54, 1.807) is 0 Å². The molecule has 1 N–H and O–H groups in total. The van der Waals surface area contributed by atoms with Gasteiger partial charge in [-0.25, -0.2) is 4.39 Å². The van der Waals surface area contributed by atoms with E-state index >= 15 is 0 Å². The molecule has 0 aliphatic heterocycles. The molecule has 0 radical (unpaired) electrons. The van der Waals surface area contributed by atoms with Crippen LogP contribution in [0.25, 0.3) is 0 Å². The maximum Gasteiger partial charge on any atom is 0.382 e. The van der Waals surface area contributed by atoms with Gasteiger partial charge in [-0.3, -0.25) is 0 Å². The molecule has 1 unspecified atom stereocenters. The molecule has 8 heteroatoms. The highest BCUT2D eigenvalue weighted by Crippen LogP contribution is 2.61. The Hall–Kier alpha value is -1.57. The van der Waals surface area contributed by atoms with Crippen LogP contribution in [-0.2, 0) is 0 Å². The Bertz CT molecular complexity index is 550. The quantitative estimate of drug-likeness (QED) is 0.822. The maximum absolute atomic E-state index is 13.4. The predicted molar refractivity (Wildman–Crippen MR) is 54.4 cm³/mol. The largest absolute Gasteiger partial charge is 0.384 e. The highest BCUT2D eigenvalue weighted by molar-refractivity contribution is 5.42. The molecule has 0 heterocycles. The SMILES string of the molecule is OC(C1=C(F)C(F)(F)C(F)(F)C1(F)F)c1ccccc1. The van der Waals surface area contributed by atoms with Gasteiger partial charge >= 0.3 is 17.8 Å². The van der Waals surface area contributed by atoms with Gasteiger partial charge < -0.3 is 5.11 Å². The van der Waals surface area contributed by atoms with Gasteiger partial charge in [0.2, 0.25) is 0 Å². The summed E-state index contributed by atoms with van der Waals surface area (Å²) in [5.74, 6) is -20.1. The van der Waals surface area contributed by atoms with E-state index in [1.165, 1.54) is 18.2 Å². The molecule has 0 spiro atoms. The Morgan fingerprint density at radius 3 is 1.75 bits per heavy atom. The highest BCUT2D eigenvalue weighted by atomic mass is 19.3. The molecule has 1 aromatic carbocycles. The summed E-state index contributed by atoms with van der Waals surface area (Å²) in [5, 5.41) is 9.55. The van der Waals surface area contributed by atoms with E-state index in [0.717, 1.165) is 12.1 Å². The number of hydrogen-bond acceptors (Lipinski definition) is 1. The van der Waals surface area contributed by atoms with Crippen LogP contribution in [0.15, 0.2) is 41.7 Å². The zero-order valence-corrected chi connectivity index (χ0v) is 9.56. The number of aliphatic hydroxyl groups excluding tert-OH is 1. The van der Waals surface area contributed by atoms with Crippen molar-refractivity contribution in [2.75, 3.05) is 0 Å². The third kappa shape index (κ3) is 1.67. The number of aliphatic hydroxyl groups is 1. The van der Waals surface area contributed by atoms with Gasteiger partial charge in [-0.05, 0) is 5.56 Å². The average Bonchev–Trinajstić information content (AvgIpc) is 2.46. The summed E-state index contributed by atoms with van der Waals surface area (Å²) in [6.45, 7) is 0. The summed E-state index contributed by atoms with van der Waals surface area (Å²) >= 11 is 0. The number of hydrogen-bond donors (Lipinski definition) is 1. The van der Waals surface area contributed by atoms with Gasteiger partial charge in [0.05, 0.1) is 5.57 Å². The molecule has 0 saturated carbocycles. The zero-order valence-electron chi connectivity index (χ0n) is 9.56. The van der Waals surface area contributed by atoms with Crippen molar-refractivity contribution in [3.05, 3.63) is 47.3 Å². The summed E-state index contributed by atoms with van der Waals surface area (Å²) in [7, 11) is 0. The summed E-state index contributed by atoms with van der Waals surface area (Å²) in [5.41, 5.74) is -2.70. The fraction of sp³-hybridized carbons (Fsp3) is 0.333. The molecule has 2 rings (SSSR count). The van der Waals surface area contributed by atoms with Crippen molar-refractivity contribution in [3.8, 4) is 0 Å². The van der Waals surface area contributed by atoms with E-state index in [1.807, 2.05) is 0 Å². The maximum atomic E-state index is 13.4. The lowest BCUT2D eigenvalue weighted by molar-refractivity contribution is -0.269. The van der Waals surface area contributed by atoms with Gasteiger partial charge in [0, 0.05) is 0 Å². The van der Waals surface area contributed by atoms with Crippen molar-refractivity contribution in [2.45, 2.75) is 23.9 Å². The lowest BCUT2D eigenvalue weighted by Gasteiger charge is -2.25. The summed E-state index contributed by atoms with van der Waals surface area (Å²) in [6.07, 6.45) is -2.59. The molecule has 20 heavy (non-hydrogen) atoms. The zero-order chi connectivity index (χ0) is 15.3. The summed E-state index contributed by atoms with van der Waals surface area (Å²) in [6, 6.07) is 5.96. The van der Waals surface area contributed by atoms with Gasteiger partial charge in [0.1, 0.15) is 6.10 Å². The summed E-state index contributed by atoms with van der Waals surface area (Å²) < 4.78 is 92.0. The molecule has 0 amide bonds. The minimum Gasteiger partial charge on any atom is -0.384 e. The molecule has 1 aliphatic rings. The highest BCUT2D eigenvalue weighted by Gasteiger charge is 2.81. The first-order valence-corrected chi connectivity index (χ1v) is 5.32. The normalized spacial score (nSPS) is 24.8. The first-order chi connectivity index (χ1) is 9.05. The molecule has 1 nitrogen and oxygen atoms in total. The van der Waals surface area contributed by atoms with Gasteiger partial charge in [-0.15, -0.1) is 0 Å². The topological polar surface area (TPSA) is 20.2 Å². The molecule has 0 bridgehead atoms. The minimum atomic E-state index is -5.94. The van der Waals surface area contributed by atoms with Crippen LogP contribution < -0.4 is 0 Å². The fourth-order valence-corrected chi connectivity index (χ4v) is 1.90. The third-order valence-corrected chi connectivity index (χ3v) is 3.03. The second-order valence-electron chi connectivity index (χ2n) is 4.26. The standard InChI is InChI=1S/C12H7F7O/c13-9-7(8(20)6-4-2-1-3-5-6)10(14,15)12(18,19)11(9,16)17/h1-5,8,20H. The van der Waals surface area contributed by atoms with Crippen LogP contribution in [0.3, 0.4) is 0 Å². The fourth-order valence-electron chi connectivity index (χ4n) is 1.90. The van der Waals surface area contributed by atoms with E-state index in [9.17, 15) is 35.8 Å². The van der Waals surface area contributed by atoms with Crippen molar-refractivity contribution < 1.29 is 35.8 Å². The third-order valence-electron chi connectivity index (χ3n) is 3.03. The van der Waals surface area contributed by atoms with Crippen LogP contribution in [0.5, 0.6) is 0 Å². The lowest BCUT2D eigenvalue weighted by Crippen LogP contribution is -2.49. The number of benzene rings is 1. The molecule has 0 saturated heterocycles. The van der Waals surface area contributed by atoms with Crippen LogP contribution in [0.1, 0.15) is 11.7 Å². The monoisotopic (exact) mass is 300 g/mol. The van der Waals surface area contributed by atoms with Crippen LogP contribution >= 0.6 is 0 Å². The minimum absolute atomic E-state index is 0.397. The Balaban J connectivity index is 2.58. The second-order valence-corrected chi connectivity index (χ2v) is 4.26. The predicted octanol–water partition coefficient (Wildman–Crippen LogP) is 3.86. The molecular weight excluding hydrogens is 293 g/mol. The molecule has 1 atom stereocenters. The van der Waals surface area contributed by atoms with E-state index in [4.69, 9.17) is 0 Å². The molecule has 1 aromatic rings. The first-order valence-electron chi connectivity index (χ1n) is 5.32. The molecule has 110 valence electrons. The van der Waals surface area contributed by atoms with Gasteiger partial charge in [0.25, 0.3) is 0 Å².